The zero-order chi connectivity index (χ0) is 32.9. The Morgan fingerprint density at radius 1 is 0.909 bits per heavy atom. The van der Waals surface area contributed by atoms with E-state index in [1.807, 2.05) is 0 Å². The fourth-order valence-corrected chi connectivity index (χ4v) is 10.6. The van der Waals surface area contributed by atoms with E-state index in [2.05, 4.69) is 112 Å². The van der Waals surface area contributed by atoms with E-state index in [-0.39, 0.29) is 28.4 Å². The van der Waals surface area contributed by atoms with Crippen LogP contribution in [0.5, 0.6) is 0 Å². The first kappa shape index (κ1) is 36.1. The average Bonchev–Trinajstić information content (AvgIpc) is 3.68. The maximum Gasteiger partial charge on any atom is 0.192 e. The minimum atomic E-state index is -1.98. The van der Waals surface area contributed by atoms with Crippen molar-refractivity contribution in [1.29, 1.82) is 0 Å². The summed E-state index contributed by atoms with van der Waals surface area (Å²) in [6, 6.07) is 0. The molecule has 0 spiro atoms. The second-order valence-corrected chi connectivity index (χ2v) is 27.9. The largest absolute Gasteiger partial charge is 0.413 e. The number of hydrogen-bond donors (Lipinski definition) is 1. The van der Waals surface area contributed by atoms with Gasteiger partial charge in [-0.15, -0.1) is 0 Å². The summed E-state index contributed by atoms with van der Waals surface area (Å²) in [7, 11) is -3.90. The van der Waals surface area contributed by atoms with Gasteiger partial charge in [-0.05, 0) is 128 Å². The summed E-state index contributed by atoms with van der Waals surface area (Å²) < 4.78 is 14.2. The molecular formula is C39H68O3Si2. The molecule has 44 heavy (non-hydrogen) atoms. The first-order valence-corrected chi connectivity index (χ1v) is 23.8. The molecule has 0 aromatic carbocycles. The summed E-state index contributed by atoms with van der Waals surface area (Å²) in [6.07, 6.45) is 19.9. The topological polar surface area (TPSA) is 38.7 Å². The molecular weight excluding hydrogens is 573 g/mol. The van der Waals surface area contributed by atoms with E-state index in [0.717, 1.165) is 12.8 Å². The third kappa shape index (κ3) is 7.86. The van der Waals surface area contributed by atoms with Crippen molar-refractivity contribution in [2.45, 2.75) is 168 Å². The van der Waals surface area contributed by atoms with Crippen LogP contribution in [0.3, 0.4) is 0 Å². The highest BCUT2D eigenvalue weighted by atomic mass is 28.4. The lowest BCUT2D eigenvalue weighted by Crippen LogP contribution is -2.49. The van der Waals surface area contributed by atoms with Crippen molar-refractivity contribution in [3.8, 4) is 0 Å². The Kier molecular flexibility index (Phi) is 10.7. The molecule has 0 bridgehead atoms. The molecule has 0 aromatic rings. The second-order valence-electron chi connectivity index (χ2n) is 18.4. The van der Waals surface area contributed by atoms with Crippen LogP contribution in [0.1, 0.15) is 113 Å². The van der Waals surface area contributed by atoms with Crippen LogP contribution in [0.15, 0.2) is 47.6 Å². The smallest absolute Gasteiger partial charge is 0.192 e. The van der Waals surface area contributed by atoms with Crippen LogP contribution in [0.4, 0.5) is 0 Å². The third-order valence-electron chi connectivity index (χ3n) is 13.1. The maximum absolute atomic E-state index is 10.5. The van der Waals surface area contributed by atoms with Gasteiger partial charge in [0.25, 0.3) is 0 Å². The summed E-state index contributed by atoms with van der Waals surface area (Å²) in [6.45, 7) is 33.2. The molecule has 5 heteroatoms. The summed E-state index contributed by atoms with van der Waals surface area (Å²) in [5, 5.41) is 10.8. The van der Waals surface area contributed by atoms with Crippen LogP contribution in [0.2, 0.25) is 36.3 Å². The Morgan fingerprint density at radius 2 is 1.52 bits per heavy atom. The first-order chi connectivity index (χ1) is 20.2. The molecule has 0 aliphatic heterocycles. The third-order valence-corrected chi connectivity index (χ3v) is 22.1. The van der Waals surface area contributed by atoms with Crippen molar-refractivity contribution in [1.82, 2.24) is 0 Å². The summed E-state index contributed by atoms with van der Waals surface area (Å²) >= 11 is 0. The quantitative estimate of drug-likeness (QED) is 0.201. The van der Waals surface area contributed by atoms with E-state index in [1.54, 1.807) is 5.57 Å². The fraction of sp³-hybridized carbons (Fsp3) is 0.795. The van der Waals surface area contributed by atoms with Crippen LogP contribution in [-0.2, 0) is 8.85 Å². The van der Waals surface area contributed by atoms with Crippen molar-refractivity contribution in [2.75, 3.05) is 0 Å². The molecule has 7 atom stereocenters. The number of aliphatic hydroxyl groups is 1. The van der Waals surface area contributed by atoms with Gasteiger partial charge in [0.05, 0.1) is 18.3 Å². The highest BCUT2D eigenvalue weighted by molar-refractivity contribution is 6.74. The van der Waals surface area contributed by atoms with Crippen LogP contribution in [-0.4, -0.2) is 40.1 Å². The van der Waals surface area contributed by atoms with Crippen molar-refractivity contribution in [3.63, 3.8) is 0 Å². The van der Waals surface area contributed by atoms with Crippen molar-refractivity contribution >= 4 is 16.6 Å². The molecule has 0 heterocycles. The van der Waals surface area contributed by atoms with Crippen LogP contribution in [0, 0.1) is 29.1 Å². The molecule has 0 aromatic heterocycles. The molecule has 0 radical (unpaired) electrons. The fourth-order valence-electron chi connectivity index (χ4n) is 7.93. The lowest BCUT2D eigenvalue weighted by Gasteiger charge is -2.45. The zero-order valence-electron chi connectivity index (χ0n) is 30.7. The van der Waals surface area contributed by atoms with Gasteiger partial charge in [0.1, 0.15) is 0 Å². The molecule has 3 nitrogen and oxygen atoms in total. The molecule has 4 saturated carbocycles. The van der Waals surface area contributed by atoms with E-state index in [0.29, 0.717) is 29.1 Å². The molecule has 4 rings (SSSR count). The average molecular weight is 641 g/mol. The predicted octanol–water partition coefficient (Wildman–Crippen LogP) is 11.1. The first-order valence-electron chi connectivity index (χ1n) is 18.0. The summed E-state index contributed by atoms with van der Waals surface area (Å²) in [4.78, 5) is 0. The summed E-state index contributed by atoms with van der Waals surface area (Å²) in [5.74, 6) is 2.35. The molecule has 4 aliphatic carbocycles. The van der Waals surface area contributed by atoms with Gasteiger partial charge in [-0.1, -0.05) is 91.8 Å². The number of allylic oxidation sites excluding steroid dienone is 4. The molecule has 1 N–H and O–H groups in total. The van der Waals surface area contributed by atoms with Gasteiger partial charge in [0, 0.05) is 6.42 Å². The highest BCUT2D eigenvalue weighted by Crippen LogP contribution is 2.59. The lowest BCUT2D eigenvalue weighted by molar-refractivity contribution is 0.0969. The standard InChI is InChI=1S/C39H68O3Si2/c1-27(16-23-35(40)30-18-19-30)33-21-22-34-29(15-14-24-39(33,34)9)17-20-31-25-32(41-43(10,11)37(3,4)5)26-36(28(31)2)42-44(12,13)38(6,7)8/h16-17,20,23,27,30,32-36,40H,2,14-15,18-19,21-22,24-26H2,1,3-13H3/t27-,32+,33-,34+,35+,36-,39-/m1/s1. The molecule has 0 saturated heterocycles. The Hall–Kier alpha value is -0.726. The van der Waals surface area contributed by atoms with Gasteiger partial charge in [-0.2, -0.15) is 0 Å². The van der Waals surface area contributed by atoms with E-state index in [1.165, 1.54) is 56.1 Å². The molecule has 4 fully saturated rings. The van der Waals surface area contributed by atoms with Crippen LogP contribution >= 0.6 is 0 Å². The van der Waals surface area contributed by atoms with Gasteiger partial charge in [0.2, 0.25) is 0 Å². The van der Waals surface area contributed by atoms with E-state index >= 15 is 0 Å². The Labute approximate surface area is 274 Å². The van der Waals surface area contributed by atoms with Crippen LogP contribution < -0.4 is 0 Å². The molecule has 4 aliphatic rings. The number of hydrogen-bond acceptors (Lipinski definition) is 3. The molecule has 0 unspecified atom stereocenters. The van der Waals surface area contributed by atoms with Gasteiger partial charge in [-0.3, -0.25) is 0 Å². The van der Waals surface area contributed by atoms with Gasteiger partial charge < -0.3 is 14.0 Å². The monoisotopic (exact) mass is 640 g/mol. The van der Waals surface area contributed by atoms with E-state index < -0.39 is 16.6 Å². The van der Waals surface area contributed by atoms with E-state index in [9.17, 15) is 5.11 Å². The second kappa shape index (κ2) is 13.1. The number of rotatable bonds is 9. The van der Waals surface area contributed by atoms with Crippen LogP contribution in [0.25, 0.3) is 0 Å². The van der Waals surface area contributed by atoms with Crippen molar-refractivity contribution in [2.24, 2.45) is 29.1 Å². The number of aliphatic hydroxyl groups excluding tert-OH is 1. The van der Waals surface area contributed by atoms with E-state index in [4.69, 9.17) is 8.85 Å². The highest BCUT2D eigenvalue weighted by Gasteiger charge is 2.50. The Morgan fingerprint density at radius 3 is 2.11 bits per heavy atom. The summed E-state index contributed by atoms with van der Waals surface area (Å²) in [5.41, 5.74) is 4.49. The maximum atomic E-state index is 10.5. The minimum absolute atomic E-state index is 0.0233. The predicted molar refractivity (Wildman–Crippen MR) is 194 cm³/mol. The number of fused-ring (bicyclic) bond motifs is 1. The van der Waals surface area contributed by atoms with Gasteiger partial charge in [-0.25, -0.2) is 0 Å². The SMILES string of the molecule is C=C1C(=CC=C2CCC[C@]3(C)[C@@H]([C@H](C)C=C[C@H](O)C4CC4)CC[C@@H]23)C[C@H](O[Si](C)(C)C(C)(C)C)C[C@H]1O[Si](C)(C)C(C)(C)C. The zero-order valence-corrected chi connectivity index (χ0v) is 32.7. The molecule has 250 valence electrons. The molecule has 0 amide bonds. The minimum Gasteiger partial charge on any atom is -0.413 e. The van der Waals surface area contributed by atoms with Crippen molar-refractivity contribution < 1.29 is 14.0 Å². The van der Waals surface area contributed by atoms with Gasteiger partial charge >= 0.3 is 0 Å². The van der Waals surface area contributed by atoms with Crippen molar-refractivity contribution in [3.05, 3.63) is 47.6 Å². The van der Waals surface area contributed by atoms with Gasteiger partial charge in [0.15, 0.2) is 16.6 Å². The Bertz CT molecular complexity index is 1130. The lowest BCUT2D eigenvalue weighted by atomic mass is 9.61. The normalized spacial score (nSPS) is 34.2. The Balaban J connectivity index is 1.57.